The molecule has 0 bridgehead atoms. The largest absolute Gasteiger partial charge is 0.438 e. The molecule has 0 fully saturated rings. The first-order chi connectivity index (χ1) is 18.1. The van der Waals surface area contributed by atoms with Crippen LogP contribution in [0.25, 0.3) is 22.4 Å². The highest BCUT2D eigenvalue weighted by atomic mass is 19.4. The lowest BCUT2D eigenvalue weighted by Crippen LogP contribution is -2.14. The van der Waals surface area contributed by atoms with Crippen molar-refractivity contribution in [2.75, 3.05) is 5.32 Å². The highest BCUT2D eigenvalue weighted by Crippen LogP contribution is 2.33. The average Bonchev–Trinajstić information content (AvgIpc) is 3.25. The monoisotopic (exact) mass is 518 g/mol. The van der Waals surface area contributed by atoms with E-state index in [-0.39, 0.29) is 17.1 Å². The molecule has 0 spiro atoms. The molecular weight excluding hydrogens is 497 g/mol. The van der Waals surface area contributed by atoms with Gasteiger partial charge >= 0.3 is 6.18 Å². The number of nitrogens with one attached hydrogen (secondary N) is 1. The molecule has 38 heavy (non-hydrogen) atoms. The third kappa shape index (κ3) is 5.03. The number of aromatic nitrogens is 5. The Morgan fingerprint density at radius 1 is 1.03 bits per heavy atom. The molecule has 1 amide bonds. The molecule has 5 rings (SSSR count). The lowest BCUT2D eigenvalue weighted by molar-refractivity contribution is -0.137. The maximum absolute atomic E-state index is 13.2. The van der Waals surface area contributed by atoms with Crippen LogP contribution in [0.5, 0.6) is 11.6 Å². The number of anilines is 1. The molecule has 0 aliphatic rings. The van der Waals surface area contributed by atoms with Gasteiger partial charge in [-0.25, -0.2) is 4.98 Å². The molecule has 8 nitrogen and oxygen atoms in total. The van der Waals surface area contributed by atoms with E-state index < -0.39 is 17.6 Å². The van der Waals surface area contributed by atoms with Gasteiger partial charge in [0, 0.05) is 36.3 Å². The Bertz CT molecular complexity index is 1670. The summed E-state index contributed by atoms with van der Waals surface area (Å²) < 4.78 is 47.4. The number of amides is 1. The molecule has 2 aromatic carbocycles. The van der Waals surface area contributed by atoms with Crippen LogP contribution in [0.1, 0.15) is 27.0 Å². The van der Waals surface area contributed by atoms with E-state index in [9.17, 15) is 18.0 Å². The van der Waals surface area contributed by atoms with Crippen LogP contribution in [0.4, 0.5) is 18.9 Å². The van der Waals surface area contributed by atoms with Crippen molar-refractivity contribution in [2.24, 2.45) is 7.05 Å². The highest BCUT2D eigenvalue weighted by Gasteiger charge is 2.31. The van der Waals surface area contributed by atoms with Crippen molar-refractivity contribution in [3.63, 3.8) is 0 Å². The fourth-order valence-corrected chi connectivity index (χ4v) is 3.88. The Hall–Kier alpha value is -4.80. The molecule has 3 aromatic heterocycles. The molecule has 1 N–H and O–H groups in total. The Morgan fingerprint density at radius 2 is 1.84 bits per heavy atom. The summed E-state index contributed by atoms with van der Waals surface area (Å²) >= 11 is 0. The van der Waals surface area contributed by atoms with Crippen molar-refractivity contribution in [3.05, 3.63) is 89.4 Å². The first kappa shape index (κ1) is 24.9. The number of aryl methyl sites for hydroxylation is 3. The summed E-state index contributed by atoms with van der Waals surface area (Å²) in [5, 5.41) is 7.36. The fourth-order valence-electron chi connectivity index (χ4n) is 3.88. The number of fused-ring (bicyclic) bond motifs is 1. The number of carbonyl (C=O) groups is 1. The fraction of sp³-hybridized carbons (Fsp3) is 0.148. The molecule has 0 aliphatic heterocycles. The molecule has 0 saturated carbocycles. The lowest BCUT2D eigenvalue weighted by atomic mass is 10.1. The van der Waals surface area contributed by atoms with E-state index in [0.717, 1.165) is 17.7 Å². The first-order valence-corrected chi connectivity index (χ1v) is 11.5. The maximum Gasteiger partial charge on any atom is 0.416 e. The normalized spacial score (nSPS) is 11.5. The minimum absolute atomic E-state index is 0.0411. The Labute approximate surface area is 215 Å². The van der Waals surface area contributed by atoms with Crippen molar-refractivity contribution >= 4 is 22.6 Å². The van der Waals surface area contributed by atoms with Gasteiger partial charge in [-0.2, -0.15) is 23.3 Å². The number of hydrogen-bond acceptors (Lipinski definition) is 6. The predicted molar refractivity (Wildman–Crippen MR) is 135 cm³/mol. The zero-order valence-corrected chi connectivity index (χ0v) is 20.5. The number of hydrogen-bond donors (Lipinski definition) is 1. The van der Waals surface area contributed by atoms with Crippen molar-refractivity contribution in [2.45, 2.75) is 20.0 Å². The maximum atomic E-state index is 13.2. The highest BCUT2D eigenvalue weighted by molar-refractivity contribution is 6.04. The van der Waals surface area contributed by atoms with Crippen LogP contribution in [0, 0.1) is 13.8 Å². The molecule has 192 valence electrons. The van der Waals surface area contributed by atoms with Crippen molar-refractivity contribution in [1.82, 2.24) is 24.7 Å². The molecule has 0 unspecified atom stereocenters. The van der Waals surface area contributed by atoms with Gasteiger partial charge in [0.1, 0.15) is 11.1 Å². The molecule has 0 aliphatic carbocycles. The van der Waals surface area contributed by atoms with Crippen LogP contribution in [-0.4, -0.2) is 30.6 Å². The van der Waals surface area contributed by atoms with Crippen molar-refractivity contribution in [3.8, 4) is 23.0 Å². The third-order valence-corrected chi connectivity index (χ3v) is 5.80. The summed E-state index contributed by atoms with van der Waals surface area (Å²) in [6, 6.07) is 11.7. The summed E-state index contributed by atoms with van der Waals surface area (Å²) in [7, 11) is 1.75. The second-order valence-corrected chi connectivity index (χ2v) is 8.72. The molecular formula is C27H21F3N6O2. The van der Waals surface area contributed by atoms with Gasteiger partial charge < -0.3 is 10.1 Å². The number of ether oxygens (including phenoxy) is 1. The summed E-state index contributed by atoms with van der Waals surface area (Å²) in [4.78, 5) is 26.2. The van der Waals surface area contributed by atoms with Gasteiger partial charge in [-0.1, -0.05) is 6.07 Å². The summed E-state index contributed by atoms with van der Waals surface area (Å²) in [6.07, 6.45) is 0.330. The molecule has 11 heteroatoms. The Balaban J connectivity index is 1.48. The quantitative estimate of drug-likeness (QED) is 0.302. The van der Waals surface area contributed by atoms with Gasteiger partial charge in [0.2, 0.25) is 5.88 Å². The minimum atomic E-state index is -4.53. The molecule has 0 saturated heterocycles. The number of carbonyl (C=O) groups excluding carboxylic acids is 1. The van der Waals surface area contributed by atoms with Gasteiger partial charge in [0.15, 0.2) is 11.5 Å². The smallest absolute Gasteiger partial charge is 0.416 e. The second-order valence-electron chi connectivity index (χ2n) is 8.72. The van der Waals surface area contributed by atoms with Crippen LogP contribution in [-0.2, 0) is 13.2 Å². The topological polar surface area (TPSA) is 94.8 Å². The number of rotatable bonds is 5. The van der Waals surface area contributed by atoms with Gasteiger partial charge in [-0.3, -0.25) is 14.5 Å². The van der Waals surface area contributed by atoms with Crippen molar-refractivity contribution < 1.29 is 22.7 Å². The van der Waals surface area contributed by atoms with Crippen LogP contribution in [0.2, 0.25) is 0 Å². The second kappa shape index (κ2) is 9.58. The molecule has 0 atom stereocenters. The van der Waals surface area contributed by atoms with Gasteiger partial charge in [0.05, 0.1) is 11.8 Å². The SMILES string of the molecule is Cc1cc(NC(=O)c2ccc(C)c(Oc3nc(-c4cccnc4)nc4c3cnn4C)c2)cc(C(F)(F)F)c1. The third-order valence-electron chi connectivity index (χ3n) is 5.80. The average molecular weight is 518 g/mol. The van der Waals surface area contributed by atoms with E-state index in [1.54, 1.807) is 55.4 Å². The predicted octanol–water partition coefficient (Wildman–Crippen LogP) is 6.11. The van der Waals surface area contributed by atoms with E-state index in [4.69, 9.17) is 4.74 Å². The van der Waals surface area contributed by atoms with Crippen LogP contribution >= 0.6 is 0 Å². The van der Waals surface area contributed by atoms with E-state index in [0.29, 0.717) is 33.7 Å². The number of alkyl halides is 3. The number of pyridine rings is 1. The van der Waals surface area contributed by atoms with E-state index in [2.05, 4.69) is 25.4 Å². The molecule has 3 heterocycles. The minimum Gasteiger partial charge on any atom is -0.438 e. The van der Waals surface area contributed by atoms with E-state index in [1.807, 2.05) is 6.07 Å². The zero-order chi connectivity index (χ0) is 27.0. The summed E-state index contributed by atoms with van der Waals surface area (Å²) in [5.41, 5.74) is 1.71. The summed E-state index contributed by atoms with van der Waals surface area (Å²) in [5.74, 6) is 0.379. The Morgan fingerprint density at radius 3 is 2.58 bits per heavy atom. The van der Waals surface area contributed by atoms with Crippen molar-refractivity contribution in [1.29, 1.82) is 0 Å². The molecule has 0 radical (unpaired) electrons. The number of nitrogens with zero attached hydrogens (tertiary/aromatic N) is 5. The number of halogens is 3. The summed E-state index contributed by atoms with van der Waals surface area (Å²) in [6.45, 7) is 3.33. The Kier molecular flexibility index (Phi) is 6.27. The van der Waals surface area contributed by atoms with E-state index >= 15 is 0 Å². The van der Waals surface area contributed by atoms with Crippen LogP contribution in [0.15, 0.2) is 67.1 Å². The van der Waals surface area contributed by atoms with Gasteiger partial charge in [-0.15, -0.1) is 0 Å². The lowest BCUT2D eigenvalue weighted by Gasteiger charge is -2.13. The van der Waals surface area contributed by atoms with Gasteiger partial charge in [0.25, 0.3) is 5.91 Å². The van der Waals surface area contributed by atoms with Crippen LogP contribution in [0.3, 0.4) is 0 Å². The van der Waals surface area contributed by atoms with E-state index in [1.165, 1.54) is 19.1 Å². The standard InChI is InChI=1S/C27H21F3N6O2/c1-15-9-19(27(28,29)30)12-20(10-15)33-25(37)17-7-6-16(2)22(11-17)38-26-21-14-32-36(3)24(21)34-23(35-26)18-5-4-8-31-13-18/h4-14H,1-3H3,(H,33,37). The van der Waals surface area contributed by atoms with Gasteiger partial charge in [-0.05, 0) is 67.4 Å². The zero-order valence-electron chi connectivity index (χ0n) is 20.5. The first-order valence-electron chi connectivity index (χ1n) is 11.5. The molecule has 5 aromatic rings. The number of benzene rings is 2. The van der Waals surface area contributed by atoms with Crippen LogP contribution < -0.4 is 10.1 Å².